The van der Waals surface area contributed by atoms with E-state index in [1.807, 2.05) is 0 Å². The van der Waals surface area contributed by atoms with Crippen LogP contribution in [0.15, 0.2) is 18.2 Å². The lowest BCUT2D eigenvalue weighted by atomic mass is 10.0. The van der Waals surface area contributed by atoms with E-state index in [2.05, 4.69) is 4.74 Å². The highest BCUT2D eigenvalue weighted by atomic mass is 16.5. The van der Waals surface area contributed by atoms with Gasteiger partial charge in [0.2, 0.25) is 0 Å². The standard InChI is InChI=1S/C11H12O4/c1-14-11(13)7-2-3-10-8(6-7)9(12)4-5-15-10/h2-3,6,9,12H,4-5H2,1H3/t9-/m0/s1. The zero-order valence-electron chi connectivity index (χ0n) is 8.40. The molecular formula is C11H12O4. The van der Waals surface area contributed by atoms with E-state index in [-0.39, 0.29) is 0 Å². The molecule has 0 bridgehead atoms. The van der Waals surface area contributed by atoms with E-state index in [0.717, 1.165) is 0 Å². The Morgan fingerprint density at radius 1 is 1.60 bits per heavy atom. The van der Waals surface area contributed by atoms with Gasteiger partial charge in [0.1, 0.15) is 5.75 Å². The zero-order chi connectivity index (χ0) is 10.8. The molecule has 0 aromatic heterocycles. The Labute approximate surface area is 87.4 Å². The van der Waals surface area contributed by atoms with Crippen LogP contribution in [0.4, 0.5) is 0 Å². The number of rotatable bonds is 1. The van der Waals surface area contributed by atoms with Gasteiger partial charge in [-0.3, -0.25) is 0 Å². The summed E-state index contributed by atoms with van der Waals surface area (Å²) in [6, 6.07) is 4.93. The van der Waals surface area contributed by atoms with Crippen molar-refractivity contribution in [2.75, 3.05) is 13.7 Å². The number of ether oxygens (including phenoxy) is 2. The fourth-order valence-corrected chi connectivity index (χ4v) is 1.62. The van der Waals surface area contributed by atoms with Crippen molar-refractivity contribution in [3.05, 3.63) is 29.3 Å². The molecule has 1 aliphatic rings. The van der Waals surface area contributed by atoms with Crippen molar-refractivity contribution in [1.29, 1.82) is 0 Å². The lowest BCUT2D eigenvalue weighted by Crippen LogP contribution is -2.14. The van der Waals surface area contributed by atoms with Gasteiger partial charge in [0.05, 0.1) is 25.4 Å². The number of carbonyl (C=O) groups is 1. The monoisotopic (exact) mass is 208 g/mol. The lowest BCUT2D eigenvalue weighted by Gasteiger charge is -2.22. The predicted molar refractivity (Wildman–Crippen MR) is 52.9 cm³/mol. The molecule has 1 atom stereocenters. The molecule has 1 aromatic rings. The second kappa shape index (κ2) is 3.90. The fraction of sp³-hybridized carbons (Fsp3) is 0.364. The largest absolute Gasteiger partial charge is 0.493 e. The van der Waals surface area contributed by atoms with E-state index in [1.165, 1.54) is 7.11 Å². The molecule has 0 aliphatic carbocycles. The van der Waals surface area contributed by atoms with Crippen LogP contribution in [0.3, 0.4) is 0 Å². The van der Waals surface area contributed by atoms with E-state index < -0.39 is 12.1 Å². The quantitative estimate of drug-likeness (QED) is 0.706. The van der Waals surface area contributed by atoms with Gasteiger partial charge in [-0.1, -0.05) is 0 Å². The molecule has 15 heavy (non-hydrogen) atoms. The van der Waals surface area contributed by atoms with Crippen LogP contribution in [0.5, 0.6) is 5.75 Å². The van der Waals surface area contributed by atoms with Gasteiger partial charge >= 0.3 is 5.97 Å². The van der Waals surface area contributed by atoms with Gasteiger partial charge in [0.15, 0.2) is 0 Å². The number of aliphatic hydroxyl groups is 1. The third-order valence-electron chi connectivity index (χ3n) is 2.44. The minimum absolute atomic E-state index is 0.407. The minimum atomic E-state index is -0.557. The number of carbonyl (C=O) groups excluding carboxylic acids is 1. The third kappa shape index (κ3) is 1.80. The summed E-state index contributed by atoms with van der Waals surface area (Å²) in [5, 5.41) is 9.71. The van der Waals surface area contributed by atoms with Gasteiger partial charge in [-0.2, -0.15) is 0 Å². The van der Waals surface area contributed by atoms with E-state index >= 15 is 0 Å². The van der Waals surface area contributed by atoms with Gasteiger partial charge in [-0.15, -0.1) is 0 Å². The Morgan fingerprint density at radius 3 is 3.13 bits per heavy atom. The first-order chi connectivity index (χ1) is 7.22. The second-order valence-electron chi connectivity index (χ2n) is 3.40. The third-order valence-corrected chi connectivity index (χ3v) is 2.44. The minimum Gasteiger partial charge on any atom is -0.493 e. The Balaban J connectivity index is 2.39. The molecule has 4 nitrogen and oxygen atoms in total. The molecule has 0 spiro atoms. The molecule has 0 saturated carbocycles. The number of hydrogen-bond donors (Lipinski definition) is 1. The highest BCUT2D eigenvalue weighted by Gasteiger charge is 2.20. The van der Waals surface area contributed by atoms with Gasteiger partial charge < -0.3 is 14.6 Å². The fourth-order valence-electron chi connectivity index (χ4n) is 1.62. The van der Waals surface area contributed by atoms with Crippen molar-refractivity contribution >= 4 is 5.97 Å². The molecule has 0 unspecified atom stereocenters. The highest BCUT2D eigenvalue weighted by molar-refractivity contribution is 5.89. The van der Waals surface area contributed by atoms with E-state index in [0.29, 0.717) is 29.9 Å². The molecule has 80 valence electrons. The van der Waals surface area contributed by atoms with Crippen LogP contribution in [-0.2, 0) is 4.74 Å². The molecule has 1 aromatic carbocycles. The first-order valence-electron chi connectivity index (χ1n) is 4.75. The predicted octanol–water partition coefficient (Wildman–Crippen LogP) is 1.29. The summed E-state index contributed by atoms with van der Waals surface area (Å²) in [6.07, 6.45) is -0.00388. The van der Waals surface area contributed by atoms with Crippen LogP contribution in [0.25, 0.3) is 0 Å². The maximum atomic E-state index is 11.3. The number of aliphatic hydroxyl groups excluding tert-OH is 1. The highest BCUT2D eigenvalue weighted by Crippen LogP contribution is 2.32. The summed E-state index contributed by atoms with van der Waals surface area (Å²) in [4.78, 5) is 11.3. The SMILES string of the molecule is COC(=O)c1ccc2c(c1)[C@@H](O)CCO2. The molecule has 1 aliphatic heterocycles. The number of hydrogen-bond acceptors (Lipinski definition) is 4. The molecule has 1 heterocycles. The molecule has 0 radical (unpaired) electrons. The molecule has 0 amide bonds. The van der Waals surface area contributed by atoms with Gasteiger partial charge in [-0.05, 0) is 18.2 Å². The van der Waals surface area contributed by atoms with Crippen LogP contribution in [0, 0.1) is 0 Å². The number of esters is 1. The summed E-state index contributed by atoms with van der Waals surface area (Å²) in [6.45, 7) is 0.506. The smallest absolute Gasteiger partial charge is 0.337 e. The number of fused-ring (bicyclic) bond motifs is 1. The Kier molecular flexibility index (Phi) is 2.60. The van der Waals surface area contributed by atoms with Crippen LogP contribution in [0.1, 0.15) is 28.4 Å². The van der Waals surface area contributed by atoms with Crippen LogP contribution >= 0.6 is 0 Å². The normalized spacial score (nSPS) is 18.9. The summed E-state index contributed by atoms with van der Waals surface area (Å²) in [5.41, 5.74) is 1.09. The molecule has 1 N–H and O–H groups in total. The number of methoxy groups -OCH3 is 1. The van der Waals surface area contributed by atoms with Crippen LogP contribution < -0.4 is 4.74 Å². The molecule has 4 heteroatoms. The van der Waals surface area contributed by atoms with Crippen molar-refractivity contribution in [2.45, 2.75) is 12.5 Å². The lowest BCUT2D eigenvalue weighted by molar-refractivity contribution is 0.0599. The summed E-state index contributed by atoms with van der Waals surface area (Å²) < 4.78 is 9.95. The summed E-state index contributed by atoms with van der Waals surface area (Å²) in [7, 11) is 1.33. The average molecular weight is 208 g/mol. The van der Waals surface area contributed by atoms with Gasteiger partial charge in [0.25, 0.3) is 0 Å². The maximum Gasteiger partial charge on any atom is 0.337 e. The van der Waals surface area contributed by atoms with Crippen LogP contribution in [-0.4, -0.2) is 24.8 Å². The molecule has 2 rings (SSSR count). The second-order valence-corrected chi connectivity index (χ2v) is 3.40. The number of benzene rings is 1. The molecule has 0 fully saturated rings. The first kappa shape index (κ1) is 9.98. The van der Waals surface area contributed by atoms with Gasteiger partial charge in [0, 0.05) is 12.0 Å². The van der Waals surface area contributed by atoms with E-state index in [1.54, 1.807) is 18.2 Å². The van der Waals surface area contributed by atoms with Crippen molar-refractivity contribution < 1.29 is 19.4 Å². The van der Waals surface area contributed by atoms with Crippen molar-refractivity contribution in [2.24, 2.45) is 0 Å². The van der Waals surface area contributed by atoms with Crippen molar-refractivity contribution in [3.63, 3.8) is 0 Å². The summed E-state index contributed by atoms with van der Waals surface area (Å²) >= 11 is 0. The topological polar surface area (TPSA) is 55.8 Å². The molecular weight excluding hydrogens is 196 g/mol. The summed E-state index contributed by atoms with van der Waals surface area (Å²) in [5.74, 6) is 0.233. The Bertz CT molecular complexity index is 386. The zero-order valence-corrected chi connectivity index (χ0v) is 8.40. The van der Waals surface area contributed by atoms with Crippen molar-refractivity contribution in [1.82, 2.24) is 0 Å². The molecule has 0 saturated heterocycles. The van der Waals surface area contributed by atoms with Crippen molar-refractivity contribution in [3.8, 4) is 5.75 Å². The van der Waals surface area contributed by atoms with E-state index in [4.69, 9.17) is 4.74 Å². The van der Waals surface area contributed by atoms with Gasteiger partial charge in [-0.25, -0.2) is 4.79 Å². The Morgan fingerprint density at radius 2 is 2.40 bits per heavy atom. The average Bonchev–Trinajstić information content (AvgIpc) is 2.28. The first-order valence-corrected chi connectivity index (χ1v) is 4.75. The Hall–Kier alpha value is -1.55. The van der Waals surface area contributed by atoms with E-state index in [9.17, 15) is 9.90 Å². The maximum absolute atomic E-state index is 11.3. The van der Waals surface area contributed by atoms with Crippen LogP contribution in [0.2, 0.25) is 0 Å².